The van der Waals surface area contributed by atoms with Gasteiger partial charge in [-0.05, 0) is 128 Å². The van der Waals surface area contributed by atoms with Crippen LogP contribution in [0.3, 0.4) is 0 Å². The first-order chi connectivity index (χ1) is 35.2. The molecule has 17 nitrogen and oxygen atoms in total. The van der Waals surface area contributed by atoms with E-state index in [0.29, 0.717) is 39.6 Å². The number of unbranched alkanes of at least 4 members (excludes halogenated alkanes) is 1. The average molecular weight is 1210 g/mol. The number of aryl methyl sites for hydroxylation is 2. The van der Waals surface area contributed by atoms with Crippen LogP contribution in [0, 0.1) is 31.1 Å². The average Bonchev–Trinajstić information content (AvgIpc) is 3.71. The number of sulfonamides is 1. The quantitative estimate of drug-likeness (QED) is 0.0347. The zero-order valence-corrected chi connectivity index (χ0v) is 55.8. The SMILES string of the molecule is C.C.CCC(C)C(=O)OCCNC(=O)n1nc(C)cc1C.CCC(C)c1ccc(C(=O)[N-]S(=O)(=O)C(F)(F)F)cc1.CCCC[Si](C)(C)O[Si](C)(C)CCCOC(=O)C(C)(C)CC.CCOCCOCCOC(=O)C(C)CC.[K+]. The van der Waals surface area contributed by atoms with Crippen LogP contribution < -0.4 is 56.7 Å². The van der Waals surface area contributed by atoms with Gasteiger partial charge in [-0.25, -0.2) is 13.2 Å². The molecule has 2 amide bonds. The minimum Gasteiger partial charge on any atom is -0.534 e. The van der Waals surface area contributed by atoms with Crippen LogP contribution in [0.2, 0.25) is 38.3 Å². The second-order valence-corrected chi connectivity index (χ2v) is 30.7. The molecule has 1 heterocycles. The van der Waals surface area contributed by atoms with Gasteiger partial charge in [0.15, 0.2) is 26.7 Å². The molecule has 0 fully saturated rings. The van der Waals surface area contributed by atoms with Crippen molar-refractivity contribution in [1.29, 1.82) is 0 Å². The molecule has 1 aromatic carbocycles. The second kappa shape index (κ2) is 44.1. The molecule has 3 unspecified atom stereocenters. The van der Waals surface area contributed by atoms with E-state index in [1.807, 2.05) is 89.2 Å². The van der Waals surface area contributed by atoms with E-state index in [2.05, 4.69) is 48.2 Å². The fraction of sp³-hybridized carbons (Fsp3) is 0.745. The summed E-state index contributed by atoms with van der Waals surface area (Å²) in [5, 5.41) is 6.71. The molecular formula is C55H102F3KN4O13SSi2. The third-order valence-electron chi connectivity index (χ3n) is 12.0. The van der Waals surface area contributed by atoms with Gasteiger partial charge in [0, 0.05) is 12.3 Å². The summed E-state index contributed by atoms with van der Waals surface area (Å²) in [7, 11) is -8.97. The van der Waals surface area contributed by atoms with E-state index in [9.17, 15) is 45.6 Å². The molecule has 456 valence electrons. The predicted octanol–water partition coefficient (Wildman–Crippen LogP) is 10.7. The molecule has 0 radical (unpaired) electrons. The fourth-order valence-electron chi connectivity index (χ4n) is 6.26. The molecule has 0 bridgehead atoms. The molecule has 2 aromatic rings. The molecule has 0 aliphatic rings. The first-order valence-electron chi connectivity index (χ1n) is 26.6. The van der Waals surface area contributed by atoms with Gasteiger partial charge in [-0.2, -0.15) is 23.0 Å². The summed E-state index contributed by atoms with van der Waals surface area (Å²) in [6.45, 7) is 38.1. The maximum atomic E-state index is 12.1. The number of nitrogens with zero attached hydrogens (tertiary/aromatic N) is 3. The number of carbonyl (C=O) groups excluding carboxylic acids is 5. The molecule has 0 saturated carbocycles. The Morgan fingerprint density at radius 2 is 1.22 bits per heavy atom. The van der Waals surface area contributed by atoms with E-state index in [4.69, 9.17) is 27.8 Å². The van der Waals surface area contributed by atoms with E-state index in [1.165, 1.54) is 35.7 Å². The Balaban J connectivity index is -0.000000307. The maximum absolute atomic E-state index is 12.1. The van der Waals surface area contributed by atoms with Crippen molar-refractivity contribution in [3.63, 3.8) is 0 Å². The number of nitrogens with one attached hydrogen (secondary N) is 1. The van der Waals surface area contributed by atoms with Crippen molar-refractivity contribution < 1.29 is 125 Å². The number of esters is 3. The number of benzene rings is 1. The largest absolute Gasteiger partial charge is 1.00 e. The Morgan fingerprint density at radius 1 is 0.722 bits per heavy atom. The smallest absolute Gasteiger partial charge is 0.534 e. The van der Waals surface area contributed by atoms with Crippen LogP contribution in [0.15, 0.2) is 30.3 Å². The van der Waals surface area contributed by atoms with Gasteiger partial charge in [0.2, 0.25) is 0 Å². The fourth-order valence-corrected chi connectivity index (χ4v) is 15.7. The molecule has 0 aliphatic carbocycles. The number of aromatic nitrogens is 2. The van der Waals surface area contributed by atoms with Gasteiger partial charge in [0.1, 0.15) is 13.2 Å². The standard InChI is InChI=1S/C17H38O3Si2.C13H21N3O3.C12H14F3NO3S.C11H22O4.2CH4.K/c1-9-11-14-21(5,6)20-22(7,8)15-12-13-19-16(18)17(3,4)10-2;1-5-9(2)12(17)19-7-6-14-13(18)16-11(4)8-10(3)15-16;1-3-8(2)9-4-6-10(7-5-9)11(17)16-20(18,19)12(13,14)15;1-4-10(3)11(12)15-9-8-14-7-6-13-5-2;;;/h9-15H2,1-8H3;8-9H,5-7H2,1-4H3,(H,14,18);4-8H,3H2,1-2H3,(H,16,17);10H,4-9H2,1-3H3;2*1H4;/q;;;;;;+1/p-1. The second-order valence-electron chi connectivity index (χ2n) is 20.3. The van der Waals surface area contributed by atoms with Crippen molar-refractivity contribution >= 4 is 56.5 Å². The van der Waals surface area contributed by atoms with Gasteiger partial charge in [-0.15, -0.1) is 0 Å². The number of halogens is 3. The van der Waals surface area contributed by atoms with Gasteiger partial charge in [0.25, 0.3) is 0 Å². The summed E-state index contributed by atoms with van der Waals surface area (Å²) < 4.78 is 93.6. The Morgan fingerprint density at radius 3 is 1.66 bits per heavy atom. The summed E-state index contributed by atoms with van der Waals surface area (Å²) in [5.74, 6) is -1.78. The molecule has 79 heavy (non-hydrogen) atoms. The third-order valence-corrected chi connectivity index (χ3v) is 20.5. The third kappa shape index (κ3) is 38.1. The van der Waals surface area contributed by atoms with Crippen LogP contribution in [0.4, 0.5) is 18.0 Å². The Kier molecular flexibility index (Phi) is 47.6. The van der Waals surface area contributed by atoms with E-state index < -0.39 is 38.1 Å². The Hall–Kier alpha value is -2.53. The minimum atomic E-state index is -5.80. The van der Waals surface area contributed by atoms with Crippen molar-refractivity contribution in [3.05, 3.63) is 57.6 Å². The first-order valence-corrected chi connectivity index (χ1v) is 34.2. The first kappa shape index (κ1) is 85.3. The summed E-state index contributed by atoms with van der Waals surface area (Å²) in [4.78, 5) is 57.7. The van der Waals surface area contributed by atoms with Gasteiger partial charge in [-0.3, -0.25) is 14.4 Å². The monoisotopic (exact) mass is 1210 g/mol. The van der Waals surface area contributed by atoms with Crippen LogP contribution in [-0.4, -0.2) is 123 Å². The molecule has 1 N–H and O–H groups in total. The van der Waals surface area contributed by atoms with Gasteiger partial charge >= 0.3 is 80.8 Å². The number of carbonyl (C=O) groups is 5. The molecule has 0 spiro atoms. The topological polar surface area (TPSA) is 219 Å². The van der Waals surface area contributed by atoms with Gasteiger partial charge < -0.3 is 42.6 Å². The van der Waals surface area contributed by atoms with Crippen LogP contribution in [0.1, 0.15) is 169 Å². The van der Waals surface area contributed by atoms with Crippen LogP contribution in [-0.2, 0) is 52.2 Å². The summed E-state index contributed by atoms with van der Waals surface area (Å²) in [5.41, 5.74) is -3.67. The number of hydrogen-bond donors (Lipinski definition) is 1. The van der Waals surface area contributed by atoms with Gasteiger partial charge in [-0.1, -0.05) is 107 Å². The van der Waals surface area contributed by atoms with Crippen LogP contribution >= 0.6 is 0 Å². The minimum absolute atomic E-state index is 0. The van der Waals surface area contributed by atoms with E-state index >= 15 is 0 Å². The molecule has 0 saturated heterocycles. The molecule has 24 heteroatoms. The number of ether oxygens (including phenoxy) is 5. The van der Waals surface area contributed by atoms with E-state index in [1.54, 1.807) is 12.1 Å². The van der Waals surface area contributed by atoms with E-state index in [-0.39, 0.29) is 132 Å². The summed E-state index contributed by atoms with van der Waals surface area (Å²) in [6.07, 6.45) is 6.66. The maximum Gasteiger partial charge on any atom is 1.00 e. The number of alkyl halides is 3. The molecular weight excluding hydrogens is 1110 g/mol. The number of amides is 2. The van der Waals surface area contributed by atoms with Crippen molar-refractivity contribution in [2.75, 3.05) is 52.8 Å². The van der Waals surface area contributed by atoms with Crippen molar-refractivity contribution in [3.8, 4) is 0 Å². The van der Waals surface area contributed by atoms with Crippen LogP contribution in [0.5, 0.6) is 0 Å². The van der Waals surface area contributed by atoms with Crippen LogP contribution in [0.25, 0.3) is 4.72 Å². The van der Waals surface area contributed by atoms with Crippen molar-refractivity contribution in [1.82, 2.24) is 15.1 Å². The zero-order valence-electron chi connectivity index (χ0n) is 49.8. The summed E-state index contributed by atoms with van der Waals surface area (Å²) >= 11 is 0. The number of rotatable bonds is 29. The van der Waals surface area contributed by atoms with Crippen molar-refractivity contribution in [2.24, 2.45) is 17.3 Å². The zero-order chi connectivity index (χ0) is 58.9. The molecule has 0 aliphatic heterocycles. The number of hydrogen-bond acceptors (Lipinski definition) is 14. The molecule has 2 rings (SSSR count). The predicted molar refractivity (Wildman–Crippen MR) is 310 cm³/mol. The normalized spacial score (nSPS) is 12.5. The molecule has 3 atom stereocenters. The van der Waals surface area contributed by atoms with E-state index in [0.717, 1.165) is 55.1 Å². The Labute approximate surface area is 519 Å². The van der Waals surface area contributed by atoms with Gasteiger partial charge in [0.05, 0.1) is 61.8 Å². The summed E-state index contributed by atoms with van der Waals surface area (Å²) in [6, 6.07) is 9.48. The Bertz CT molecular complexity index is 2120. The van der Waals surface area contributed by atoms with Crippen molar-refractivity contribution in [2.45, 2.75) is 200 Å². The molecule has 1 aromatic heterocycles.